The molecule has 0 saturated carbocycles. The summed E-state index contributed by atoms with van der Waals surface area (Å²) < 4.78 is 10.5. The lowest BCUT2D eigenvalue weighted by Crippen LogP contribution is -2.22. The number of benzene rings is 1. The van der Waals surface area contributed by atoms with Crippen LogP contribution in [0.4, 0.5) is 0 Å². The molecule has 1 aliphatic heterocycles. The average Bonchev–Trinajstić information content (AvgIpc) is 2.64. The van der Waals surface area contributed by atoms with Crippen LogP contribution < -0.4 is 14.8 Å². The summed E-state index contributed by atoms with van der Waals surface area (Å²) in [5, 5.41) is 11.3. The third-order valence-electron chi connectivity index (χ3n) is 2.42. The van der Waals surface area contributed by atoms with Crippen LogP contribution in [0.2, 0.25) is 0 Å². The lowest BCUT2D eigenvalue weighted by molar-refractivity contribution is -0.135. The van der Waals surface area contributed by atoms with E-state index in [2.05, 4.69) is 5.32 Å². The van der Waals surface area contributed by atoms with Crippen molar-refractivity contribution in [2.45, 2.75) is 13.5 Å². The van der Waals surface area contributed by atoms with E-state index in [1.807, 2.05) is 19.1 Å². The Hall–Kier alpha value is -1.75. The van der Waals surface area contributed by atoms with Crippen molar-refractivity contribution in [3.05, 3.63) is 23.3 Å². The Balaban J connectivity index is 2.06. The second-order valence-corrected chi connectivity index (χ2v) is 3.63. The molecule has 2 rings (SSSR count). The fraction of sp³-hybridized carbons (Fsp3) is 0.364. The molecule has 0 amide bonds. The van der Waals surface area contributed by atoms with E-state index in [4.69, 9.17) is 14.6 Å². The highest BCUT2D eigenvalue weighted by Crippen LogP contribution is 2.34. The highest BCUT2D eigenvalue weighted by Gasteiger charge is 2.15. The standard InChI is InChI=1S/C11H13NO4/c1-7-2-9-10(16-6-15-9)3-8(7)4-12-5-11(13)14/h2-3,12H,4-6H2,1H3,(H,13,14). The van der Waals surface area contributed by atoms with Crippen LogP contribution >= 0.6 is 0 Å². The summed E-state index contributed by atoms with van der Waals surface area (Å²) in [5.74, 6) is 0.607. The summed E-state index contributed by atoms with van der Waals surface area (Å²) >= 11 is 0. The first-order chi connectivity index (χ1) is 7.66. The maximum Gasteiger partial charge on any atom is 0.317 e. The van der Waals surface area contributed by atoms with E-state index in [-0.39, 0.29) is 13.3 Å². The number of hydrogen-bond acceptors (Lipinski definition) is 4. The Bertz CT molecular complexity index is 417. The van der Waals surface area contributed by atoms with E-state index in [0.717, 1.165) is 22.6 Å². The Morgan fingerprint density at radius 3 is 2.81 bits per heavy atom. The van der Waals surface area contributed by atoms with Crippen LogP contribution in [-0.2, 0) is 11.3 Å². The molecule has 16 heavy (non-hydrogen) atoms. The van der Waals surface area contributed by atoms with Gasteiger partial charge in [0, 0.05) is 6.54 Å². The molecule has 1 heterocycles. The Morgan fingerprint density at radius 1 is 1.44 bits per heavy atom. The molecule has 0 aliphatic carbocycles. The third kappa shape index (κ3) is 2.25. The molecule has 5 nitrogen and oxygen atoms in total. The van der Waals surface area contributed by atoms with E-state index in [1.54, 1.807) is 0 Å². The molecule has 0 radical (unpaired) electrons. The molecule has 0 atom stereocenters. The van der Waals surface area contributed by atoms with Crippen molar-refractivity contribution in [1.29, 1.82) is 0 Å². The van der Waals surface area contributed by atoms with E-state index >= 15 is 0 Å². The van der Waals surface area contributed by atoms with Crippen molar-refractivity contribution in [3.63, 3.8) is 0 Å². The first-order valence-electron chi connectivity index (χ1n) is 4.98. The number of carboxylic acids is 1. The quantitative estimate of drug-likeness (QED) is 0.793. The Kier molecular flexibility index (Phi) is 2.96. The highest BCUT2D eigenvalue weighted by molar-refractivity contribution is 5.69. The zero-order valence-electron chi connectivity index (χ0n) is 8.95. The first-order valence-corrected chi connectivity index (χ1v) is 4.98. The number of nitrogens with one attached hydrogen (secondary N) is 1. The van der Waals surface area contributed by atoms with Gasteiger partial charge in [-0.1, -0.05) is 0 Å². The zero-order chi connectivity index (χ0) is 11.5. The molecule has 0 spiro atoms. The summed E-state index contributed by atoms with van der Waals surface area (Å²) in [6.45, 7) is 2.67. The maximum atomic E-state index is 10.4. The lowest BCUT2D eigenvalue weighted by Gasteiger charge is -2.07. The van der Waals surface area contributed by atoms with Gasteiger partial charge in [0.1, 0.15) is 0 Å². The van der Waals surface area contributed by atoms with Crippen LogP contribution in [-0.4, -0.2) is 24.4 Å². The number of ether oxygens (including phenoxy) is 2. The zero-order valence-corrected chi connectivity index (χ0v) is 8.95. The van der Waals surface area contributed by atoms with Crippen molar-refractivity contribution < 1.29 is 19.4 Å². The number of hydrogen-bond donors (Lipinski definition) is 2. The predicted octanol–water partition coefficient (Wildman–Crippen LogP) is 0.898. The second kappa shape index (κ2) is 4.40. The van der Waals surface area contributed by atoms with Crippen molar-refractivity contribution in [2.75, 3.05) is 13.3 Å². The second-order valence-electron chi connectivity index (χ2n) is 3.63. The van der Waals surface area contributed by atoms with Crippen molar-refractivity contribution in [3.8, 4) is 11.5 Å². The van der Waals surface area contributed by atoms with Crippen LogP contribution in [0.1, 0.15) is 11.1 Å². The van der Waals surface area contributed by atoms with Gasteiger partial charge in [0.25, 0.3) is 0 Å². The summed E-state index contributed by atoms with van der Waals surface area (Å²) in [4.78, 5) is 10.4. The van der Waals surface area contributed by atoms with Gasteiger partial charge in [0.2, 0.25) is 6.79 Å². The summed E-state index contributed by atoms with van der Waals surface area (Å²) in [7, 11) is 0. The molecule has 0 bridgehead atoms. The van der Waals surface area contributed by atoms with Crippen LogP contribution in [0.3, 0.4) is 0 Å². The SMILES string of the molecule is Cc1cc2c(cc1CNCC(=O)O)OCO2. The van der Waals surface area contributed by atoms with Crippen molar-refractivity contribution >= 4 is 5.97 Å². The Morgan fingerprint density at radius 2 is 2.12 bits per heavy atom. The lowest BCUT2D eigenvalue weighted by atomic mass is 10.1. The van der Waals surface area contributed by atoms with Gasteiger partial charge >= 0.3 is 5.97 Å². The number of aryl methyl sites for hydroxylation is 1. The molecule has 86 valence electrons. The number of carbonyl (C=O) groups is 1. The van der Waals surface area contributed by atoms with Gasteiger partial charge in [-0.15, -0.1) is 0 Å². The number of fused-ring (bicyclic) bond motifs is 1. The number of rotatable bonds is 4. The first kappa shape index (κ1) is 10.8. The molecular weight excluding hydrogens is 210 g/mol. The van der Waals surface area contributed by atoms with Gasteiger partial charge < -0.3 is 19.9 Å². The van der Waals surface area contributed by atoms with Crippen LogP contribution in [0, 0.1) is 6.92 Å². The van der Waals surface area contributed by atoms with Crippen molar-refractivity contribution in [1.82, 2.24) is 5.32 Å². The topological polar surface area (TPSA) is 67.8 Å². The molecule has 1 aromatic rings. The number of carboxylic acid groups (broad SMARTS) is 1. The van der Waals surface area contributed by atoms with Gasteiger partial charge in [-0.3, -0.25) is 4.79 Å². The number of aliphatic carboxylic acids is 1. The minimum atomic E-state index is -0.863. The Labute approximate surface area is 93.0 Å². The molecule has 2 N–H and O–H groups in total. The maximum absolute atomic E-state index is 10.4. The molecule has 5 heteroatoms. The van der Waals surface area contributed by atoms with E-state index in [0.29, 0.717) is 6.54 Å². The molecule has 1 aromatic carbocycles. The fourth-order valence-corrected chi connectivity index (χ4v) is 1.58. The minimum Gasteiger partial charge on any atom is -0.480 e. The fourth-order valence-electron chi connectivity index (χ4n) is 1.58. The van der Waals surface area contributed by atoms with Crippen LogP contribution in [0.15, 0.2) is 12.1 Å². The van der Waals surface area contributed by atoms with Gasteiger partial charge in [0.15, 0.2) is 11.5 Å². The molecular formula is C11H13NO4. The van der Waals surface area contributed by atoms with E-state index in [1.165, 1.54) is 0 Å². The molecule has 0 saturated heterocycles. The largest absolute Gasteiger partial charge is 0.480 e. The monoisotopic (exact) mass is 223 g/mol. The van der Waals surface area contributed by atoms with Gasteiger partial charge in [-0.05, 0) is 30.2 Å². The molecule has 0 unspecified atom stereocenters. The van der Waals surface area contributed by atoms with E-state index in [9.17, 15) is 4.79 Å². The van der Waals surface area contributed by atoms with E-state index < -0.39 is 5.97 Å². The molecule has 1 aliphatic rings. The minimum absolute atomic E-state index is 0.0477. The summed E-state index contributed by atoms with van der Waals surface area (Å²) in [5.41, 5.74) is 2.08. The van der Waals surface area contributed by atoms with Gasteiger partial charge in [0.05, 0.1) is 6.54 Å². The van der Waals surface area contributed by atoms with Crippen LogP contribution in [0.5, 0.6) is 11.5 Å². The molecule has 0 fully saturated rings. The average molecular weight is 223 g/mol. The van der Waals surface area contributed by atoms with Crippen LogP contribution in [0.25, 0.3) is 0 Å². The smallest absolute Gasteiger partial charge is 0.317 e. The third-order valence-corrected chi connectivity index (χ3v) is 2.42. The predicted molar refractivity (Wildman–Crippen MR) is 56.6 cm³/mol. The normalized spacial score (nSPS) is 12.8. The summed E-state index contributed by atoms with van der Waals surface area (Å²) in [6.07, 6.45) is 0. The van der Waals surface area contributed by atoms with Gasteiger partial charge in [-0.2, -0.15) is 0 Å². The highest BCUT2D eigenvalue weighted by atomic mass is 16.7. The molecule has 0 aromatic heterocycles. The summed E-state index contributed by atoms with van der Waals surface area (Å²) in [6, 6.07) is 3.78. The van der Waals surface area contributed by atoms with Gasteiger partial charge in [-0.25, -0.2) is 0 Å². The van der Waals surface area contributed by atoms with Crippen molar-refractivity contribution in [2.24, 2.45) is 0 Å².